The number of rotatable bonds is 2. The maximum Gasteiger partial charge on any atom is 0.179 e. The van der Waals surface area contributed by atoms with Crippen LogP contribution in [-0.4, -0.2) is 24.2 Å². The van der Waals surface area contributed by atoms with Gasteiger partial charge in [-0.15, -0.1) is 5.10 Å². The van der Waals surface area contributed by atoms with Gasteiger partial charge < -0.3 is 4.55 Å². The van der Waals surface area contributed by atoms with E-state index < -0.39 is 11.3 Å². The Balaban J connectivity index is 2.58. The molecule has 0 aromatic carbocycles. The van der Waals surface area contributed by atoms with E-state index in [4.69, 9.17) is 0 Å². The Hall–Kier alpha value is -0.950. The highest BCUT2D eigenvalue weighted by atomic mass is 32.2. The first-order chi connectivity index (χ1) is 4.29. The van der Waals surface area contributed by atoms with Crippen molar-refractivity contribution in [2.24, 2.45) is 0 Å². The zero-order valence-corrected chi connectivity index (χ0v) is 5.01. The molecule has 9 heavy (non-hydrogen) atoms. The van der Waals surface area contributed by atoms with Crippen LogP contribution < -0.4 is 4.72 Å². The molecule has 50 valence electrons. The molecule has 0 bridgehead atoms. The molecule has 2 N–H and O–H groups in total. The van der Waals surface area contributed by atoms with Gasteiger partial charge in [-0.1, -0.05) is 0 Å². The van der Waals surface area contributed by atoms with Crippen molar-refractivity contribution in [1.82, 2.24) is 15.4 Å². The Kier molecular flexibility index (Phi) is 1.75. The summed E-state index contributed by atoms with van der Waals surface area (Å²) in [6.45, 7) is 0. The second-order valence-corrected chi connectivity index (χ2v) is 1.87. The molecule has 1 unspecified atom stereocenters. The smallest absolute Gasteiger partial charge is 0.179 e. The number of aromatic nitrogens is 3. The first-order valence-electron chi connectivity index (χ1n) is 2.01. The molecule has 0 radical (unpaired) electrons. The van der Waals surface area contributed by atoms with Gasteiger partial charge in [0, 0.05) is 11.3 Å². The zero-order chi connectivity index (χ0) is 6.69. The Labute approximate surface area is 53.1 Å². The number of H-pyrrole nitrogens is 1. The Bertz CT molecular complexity index is 196. The van der Waals surface area contributed by atoms with Crippen LogP contribution in [0.4, 0.5) is 5.82 Å². The van der Waals surface area contributed by atoms with E-state index in [9.17, 15) is 8.76 Å². The van der Waals surface area contributed by atoms with Crippen LogP contribution in [0.2, 0.25) is 0 Å². The van der Waals surface area contributed by atoms with Crippen LogP contribution in [0.3, 0.4) is 0 Å². The third-order valence-electron chi connectivity index (χ3n) is 0.603. The third kappa shape index (κ3) is 1.78. The molecule has 0 saturated carbocycles. The number of anilines is 1. The Morgan fingerprint density at radius 2 is 2.67 bits per heavy atom. The molecule has 0 aliphatic heterocycles. The molecule has 7 heteroatoms. The summed E-state index contributed by atoms with van der Waals surface area (Å²) >= 11 is -2.32. The lowest BCUT2D eigenvalue weighted by molar-refractivity contribution is 0.542. The van der Waals surface area contributed by atoms with Gasteiger partial charge in [0.1, 0.15) is 0 Å². The van der Waals surface area contributed by atoms with E-state index in [1.165, 1.54) is 6.20 Å². The molecule has 1 rings (SSSR count). The highest BCUT2D eigenvalue weighted by Gasteiger charge is 1.89. The lowest BCUT2D eigenvalue weighted by Gasteiger charge is -2.01. The van der Waals surface area contributed by atoms with Crippen molar-refractivity contribution in [2.45, 2.75) is 0 Å². The average molecular weight is 147 g/mol. The zero-order valence-electron chi connectivity index (χ0n) is 4.20. The lowest BCUT2D eigenvalue weighted by atomic mass is 10.8. The van der Waals surface area contributed by atoms with E-state index in [1.54, 1.807) is 0 Å². The van der Waals surface area contributed by atoms with Crippen LogP contribution in [0, 0.1) is 0 Å². The Morgan fingerprint density at radius 3 is 3.11 bits per heavy atom. The van der Waals surface area contributed by atoms with Crippen LogP contribution in [-0.2, 0) is 11.3 Å². The minimum absolute atomic E-state index is 0.184. The monoisotopic (exact) mass is 147 g/mol. The van der Waals surface area contributed by atoms with Gasteiger partial charge in [-0.3, -0.25) is 8.93 Å². The topological polar surface area (TPSA) is 93.7 Å². The lowest BCUT2D eigenvalue weighted by Crippen LogP contribution is -2.01. The molecule has 0 fully saturated rings. The largest absolute Gasteiger partial charge is 0.755 e. The fourth-order valence-electron chi connectivity index (χ4n) is 0.336. The minimum atomic E-state index is -2.32. The predicted molar refractivity (Wildman–Crippen MR) is 28.9 cm³/mol. The summed E-state index contributed by atoms with van der Waals surface area (Å²) in [5.74, 6) is 0.184. The maximum absolute atomic E-state index is 9.87. The third-order valence-corrected chi connectivity index (χ3v) is 0.979. The molecular formula is C2H3N4O2S-. The molecule has 0 amide bonds. The summed E-state index contributed by atoms with van der Waals surface area (Å²) < 4.78 is 21.7. The standard InChI is InChI=1S/C2H4N4O2S/c7-9(8)5-2-1-3-6-4-2/h1H,(H,7,8)(H2,3,4,5,6)/p-1. The van der Waals surface area contributed by atoms with E-state index >= 15 is 0 Å². The van der Waals surface area contributed by atoms with Crippen molar-refractivity contribution >= 4 is 17.1 Å². The summed E-state index contributed by atoms with van der Waals surface area (Å²) in [5, 5.41) is 9.02. The molecule has 0 aliphatic rings. The maximum atomic E-state index is 9.87. The van der Waals surface area contributed by atoms with Crippen molar-refractivity contribution in [3.63, 3.8) is 0 Å². The Morgan fingerprint density at radius 1 is 1.89 bits per heavy atom. The number of nitrogens with zero attached hydrogens (tertiary/aromatic N) is 2. The van der Waals surface area contributed by atoms with Gasteiger partial charge in [0.2, 0.25) is 0 Å². The highest BCUT2D eigenvalue weighted by Crippen LogP contribution is 1.94. The van der Waals surface area contributed by atoms with E-state index in [-0.39, 0.29) is 5.82 Å². The van der Waals surface area contributed by atoms with E-state index in [0.717, 1.165) is 0 Å². The fourth-order valence-corrected chi connectivity index (χ4v) is 0.605. The second-order valence-electron chi connectivity index (χ2n) is 1.19. The first kappa shape index (κ1) is 6.17. The number of hydrogen-bond donors (Lipinski definition) is 2. The van der Waals surface area contributed by atoms with Crippen molar-refractivity contribution < 1.29 is 8.76 Å². The van der Waals surface area contributed by atoms with Crippen molar-refractivity contribution in [3.05, 3.63) is 6.20 Å². The van der Waals surface area contributed by atoms with Crippen LogP contribution in [0.5, 0.6) is 0 Å². The van der Waals surface area contributed by atoms with Crippen LogP contribution in [0.15, 0.2) is 6.20 Å². The van der Waals surface area contributed by atoms with Crippen molar-refractivity contribution in [3.8, 4) is 0 Å². The average Bonchev–Trinajstić information content (AvgIpc) is 2.15. The normalized spacial score (nSPS) is 13.0. The van der Waals surface area contributed by atoms with Crippen molar-refractivity contribution in [1.29, 1.82) is 0 Å². The quantitative estimate of drug-likeness (QED) is 0.525. The molecule has 1 atom stereocenters. The number of aromatic amines is 1. The molecule has 6 nitrogen and oxygen atoms in total. The van der Waals surface area contributed by atoms with Gasteiger partial charge in [0.15, 0.2) is 5.82 Å². The molecular weight excluding hydrogens is 144 g/mol. The van der Waals surface area contributed by atoms with Crippen LogP contribution >= 0.6 is 0 Å². The summed E-state index contributed by atoms with van der Waals surface area (Å²) in [5.41, 5.74) is 0. The SMILES string of the molecule is O=S([O-])Nc1cn[nH]n1. The number of nitrogens with one attached hydrogen (secondary N) is 2. The summed E-state index contributed by atoms with van der Waals surface area (Å²) in [4.78, 5) is 0. The van der Waals surface area contributed by atoms with E-state index in [0.29, 0.717) is 0 Å². The predicted octanol–water partition coefficient (Wildman–Crippen LogP) is -0.989. The molecule has 1 aromatic rings. The summed E-state index contributed by atoms with van der Waals surface area (Å²) in [7, 11) is 0. The minimum Gasteiger partial charge on any atom is -0.755 e. The summed E-state index contributed by atoms with van der Waals surface area (Å²) in [6.07, 6.45) is 1.26. The highest BCUT2D eigenvalue weighted by molar-refractivity contribution is 7.80. The fraction of sp³-hybridized carbons (Fsp3) is 0. The molecule has 1 aromatic heterocycles. The number of hydrogen-bond acceptors (Lipinski definition) is 4. The molecule has 0 aliphatic carbocycles. The molecule has 0 spiro atoms. The van der Waals surface area contributed by atoms with Gasteiger partial charge in [-0.05, 0) is 0 Å². The van der Waals surface area contributed by atoms with Crippen LogP contribution in [0.25, 0.3) is 0 Å². The van der Waals surface area contributed by atoms with E-state index in [2.05, 4.69) is 15.4 Å². The van der Waals surface area contributed by atoms with Crippen molar-refractivity contribution in [2.75, 3.05) is 4.72 Å². The molecule has 1 heterocycles. The van der Waals surface area contributed by atoms with Crippen LogP contribution in [0.1, 0.15) is 0 Å². The van der Waals surface area contributed by atoms with Gasteiger partial charge in [0.05, 0.1) is 6.20 Å². The first-order valence-corrected chi connectivity index (χ1v) is 3.08. The molecule has 0 saturated heterocycles. The van der Waals surface area contributed by atoms with E-state index in [1.807, 2.05) is 4.72 Å². The second kappa shape index (κ2) is 2.55. The van der Waals surface area contributed by atoms with Gasteiger partial charge in [-0.2, -0.15) is 10.3 Å². The van der Waals surface area contributed by atoms with Gasteiger partial charge in [0.25, 0.3) is 0 Å². The van der Waals surface area contributed by atoms with Gasteiger partial charge >= 0.3 is 0 Å². The van der Waals surface area contributed by atoms with Gasteiger partial charge in [-0.25, -0.2) is 0 Å². The summed E-state index contributed by atoms with van der Waals surface area (Å²) in [6, 6.07) is 0.